The first kappa shape index (κ1) is 19.5. The number of hydrogen-bond acceptors (Lipinski definition) is 5. The Morgan fingerprint density at radius 3 is 2.59 bits per heavy atom. The van der Waals surface area contributed by atoms with Crippen molar-refractivity contribution in [2.45, 2.75) is 24.7 Å². The Bertz CT molecular complexity index is 1290. The predicted octanol–water partition coefficient (Wildman–Crippen LogP) is 4.95. The number of carbonyl (C=O) groups is 1. The highest BCUT2D eigenvalue weighted by molar-refractivity contribution is 7.91. The molecule has 0 aliphatic heterocycles. The summed E-state index contributed by atoms with van der Waals surface area (Å²) < 4.78 is 25.8. The van der Waals surface area contributed by atoms with Gasteiger partial charge in [-0.05, 0) is 36.9 Å². The highest BCUT2D eigenvalue weighted by Gasteiger charge is 2.16. The van der Waals surface area contributed by atoms with Gasteiger partial charge in [-0.1, -0.05) is 59.4 Å². The number of nitrogens with zero attached hydrogens (tertiary/aromatic N) is 1. The first-order valence-electron chi connectivity index (χ1n) is 9.30. The van der Waals surface area contributed by atoms with E-state index in [9.17, 15) is 13.2 Å². The van der Waals surface area contributed by atoms with Crippen molar-refractivity contribution in [3.8, 4) is 0 Å². The van der Waals surface area contributed by atoms with Crippen LogP contribution in [0.15, 0.2) is 65.6 Å². The summed E-state index contributed by atoms with van der Waals surface area (Å²) in [5.41, 5.74) is 1.85. The quantitative estimate of drug-likeness (QED) is 0.475. The standard InChI is InChI=1S/C22H20N2O3S2/c1-15-8-11-17(12-9-15)29(26,27)14-4-7-20(25)24-22-23-19-13-10-16-5-2-3-6-18(16)21(19)28-22/h2-3,5-6,8-13H,4,7,14H2,1H3,(H,23,24,25). The van der Waals surface area contributed by atoms with Gasteiger partial charge in [0, 0.05) is 11.8 Å². The molecule has 29 heavy (non-hydrogen) atoms. The molecule has 1 heterocycles. The van der Waals surface area contributed by atoms with Gasteiger partial charge in [0.1, 0.15) is 0 Å². The van der Waals surface area contributed by atoms with E-state index in [2.05, 4.69) is 10.3 Å². The van der Waals surface area contributed by atoms with Crippen LogP contribution in [-0.4, -0.2) is 25.1 Å². The Kier molecular flexibility index (Phi) is 5.34. The summed E-state index contributed by atoms with van der Waals surface area (Å²) >= 11 is 1.43. The fourth-order valence-corrected chi connectivity index (χ4v) is 5.50. The van der Waals surface area contributed by atoms with Gasteiger partial charge in [0.05, 0.1) is 20.9 Å². The average Bonchev–Trinajstić information content (AvgIpc) is 3.11. The molecule has 0 aliphatic carbocycles. The molecule has 0 aliphatic rings. The van der Waals surface area contributed by atoms with Crippen molar-refractivity contribution >= 4 is 53.2 Å². The van der Waals surface area contributed by atoms with Crippen LogP contribution < -0.4 is 5.32 Å². The molecule has 0 saturated carbocycles. The second-order valence-corrected chi connectivity index (χ2v) is 10.0. The van der Waals surface area contributed by atoms with Crippen LogP contribution in [0.2, 0.25) is 0 Å². The lowest BCUT2D eigenvalue weighted by Gasteiger charge is -2.05. The van der Waals surface area contributed by atoms with E-state index in [4.69, 9.17) is 0 Å². The second-order valence-electron chi connectivity index (χ2n) is 6.94. The van der Waals surface area contributed by atoms with Gasteiger partial charge in [-0.3, -0.25) is 4.79 Å². The maximum absolute atomic E-state index is 12.4. The van der Waals surface area contributed by atoms with Crippen molar-refractivity contribution in [1.82, 2.24) is 4.98 Å². The fraction of sp³-hybridized carbons (Fsp3) is 0.182. The predicted molar refractivity (Wildman–Crippen MR) is 118 cm³/mol. The van der Waals surface area contributed by atoms with Crippen LogP contribution in [0.1, 0.15) is 18.4 Å². The Hall–Kier alpha value is -2.77. The lowest BCUT2D eigenvalue weighted by Crippen LogP contribution is -2.14. The molecule has 1 N–H and O–H groups in total. The maximum Gasteiger partial charge on any atom is 0.226 e. The number of fused-ring (bicyclic) bond motifs is 3. The van der Waals surface area contributed by atoms with Crippen molar-refractivity contribution in [3.05, 3.63) is 66.2 Å². The van der Waals surface area contributed by atoms with Gasteiger partial charge in [-0.15, -0.1) is 0 Å². The van der Waals surface area contributed by atoms with Crippen molar-refractivity contribution < 1.29 is 13.2 Å². The molecule has 4 rings (SSSR count). The number of rotatable bonds is 6. The molecule has 3 aromatic carbocycles. The molecule has 1 amide bonds. The minimum Gasteiger partial charge on any atom is -0.302 e. The average molecular weight is 425 g/mol. The maximum atomic E-state index is 12.4. The van der Waals surface area contributed by atoms with Crippen LogP contribution in [0.5, 0.6) is 0 Å². The van der Waals surface area contributed by atoms with Crippen molar-refractivity contribution in [3.63, 3.8) is 0 Å². The SMILES string of the molecule is Cc1ccc(S(=O)(=O)CCCC(=O)Nc2nc3ccc4ccccc4c3s2)cc1. The number of sulfone groups is 1. The second kappa shape index (κ2) is 7.93. The van der Waals surface area contributed by atoms with Crippen molar-refractivity contribution in [2.24, 2.45) is 0 Å². The van der Waals surface area contributed by atoms with E-state index in [1.165, 1.54) is 11.3 Å². The molecule has 5 nitrogen and oxygen atoms in total. The van der Waals surface area contributed by atoms with Gasteiger partial charge in [0.2, 0.25) is 5.91 Å². The molecule has 4 aromatic rings. The van der Waals surface area contributed by atoms with Crippen LogP contribution in [0, 0.1) is 6.92 Å². The topological polar surface area (TPSA) is 76.1 Å². The van der Waals surface area contributed by atoms with Crippen molar-refractivity contribution in [1.29, 1.82) is 0 Å². The number of hydrogen-bond donors (Lipinski definition) is 1. The van der Waals surface area contributed by atoms with Gasteiger partial charge >= 0.3 is 0 Å². The number of benzene rings is 3. The molecule has 0 bridgehead atoms. The Balaban J connectivity index is 1.40. The van der Waals surface area contributed by atoms with E-state index >= 15 is 0 Å². The van der Waals surface area contributed by atoms with Gasteiger partial charge < -0.3 is 5.32 Å². The van der Waals surface area contributed by atoms with Crippen LogP contribution in [0.4, 0.5) is 5.13 Å². The molecule has 0 radical (unpaired) electrons. The van der Waals surface area contributed by atoms with E-state index in [1.54, 1.807) is 24.3 Å². The van der Waals surface area contributed by atoms with E-state index in [0.717, 1.165) is 26.6 Å². The smallest absolute Gasteiger partial charge is 0.226 e. The third-order valence-electron chi connectivity index (χ3n) is 4.72. The van der Waals surface area contributed by atoms with E-state index in [0.29, 0.717) is 10.0 Å². The Morgan fingerprint density at radius 1 is 1.03 bits per heavy atom. The molecule has 1 aromatic heterocycles. The zero-order chi connectivity index (χ0) is 20.4. The summed E-state index contributed by atoms with van der Waals surface area (Å²) in [6.45, 7) is 1.91. The Labute approximate surface area is 173 Å². The molecule has 0 spiro atoms. The van der Waals surface area contributed by atoms with Crippen LogP contribution in [-0.2, 0) is 14.6 Å². The summed E-state index contributed by atoms with van der Waals surface area (Å²) in [6, 6.07) is 18.8. The third-order valence-corrected chi connectivity index (χ3v) is 7.56. The first-order valence-corrected chi connectivity index (χ1v) is 11.8. The summed E-state index contributed by atoms with van der Waals surface area (Å²) in [7, 11) is -3.38. The minimum atomic E-state index is -3.38. The molecule has 0 atom stereocenters. The molecule has 0 unspecified atom stereocenters. The minimum absolute atomic E-state index is 0.0615. The van der Waals surface area contributed by atoms with Gasteiger partial charge in [0.15, 0.2) is 15.0 Å². The molecule has 7 heteroatoms. The summed E-state index contributed by atoms with van der Waals surface area (Å²) in [6.07, 6.45) is 0.387. The lowest BCUT2D eigenvalue weighted by molar-refractivity contribution is -0.116. The summed E-state index contributed by atoms with van der Waals surface area (Å²) in [5.74, 6) is -0.291. The van der Waals surface area contributed by atoms with Crippen LogP contribution in [0.25, 0.3) is 21.0 Å². The summed E-state index contributed by atoms with van der Waals surface area (Å²) in [5, 5.41) is 5.57. The van der Waals surface area contributed by atoms with E-state index < -0.39 is 9.84 Å². The zero-order valence-electron chi connectivity index (χ0n) is 15.9. The highest BCUT2D eigenvalue weighted by atomic mass is 32.2. The molecular formula is C22H20N2O3S2. The Morgan fingerprint density at radius 2 is 1.79 bits per heavy atom. The first-order chi connectivity index (χ1) is 13.9. The molecule has 0 saturated heterocycles. The van der Waals surface area contributed by atoms with Gasteiger partial charge in [-0.2, -0.15) is 0 Å². The molecule has 148 valence electrons. The highest BCUT2D eigenvalue weighted by Crippen LogP contribution is 2.32. The van der Waals surface area contributed by atoms with Crippen molar-refractivity contribution in [2.75, 3.05) is 11.1 Å². The number of aromatic nitrogens is 1. The molecule has 0 fully saturated rings. The van der Waals surface area contributed by atoms with E-state index in [-0.39, 0.29) is 24.5 Å². The van der Waals surface area contributed by atoms with E-state index in [1.807, 2.05) is 43.3 Å². The largest absolute Gasteiger partial charge is 0.302 e. The zero-order valence-corrected chi connectivity index (χ0v) is 17.5. The number of aryl methyl sites for hydroxylation is 1. The number of nitrogens with one attached hydrogen (secondary N) is 1. The fourth-order valence-electron chi connectivity index (χ4n) is 3.18. The number of thiazole rings is 1. The van der Waals surface area contributed by atoms with Gasteiger partial charge in [0.25, 0.3) is 0 Å². The third kappa shape index (κ3) is 4.31. The monoisotopic (exact) mass is 424 g/mol. The summed E-state index contributed by atoms with van der Waals surface area (Å²) in [4.78, 5) is 17.1. The number of carbonyl (C=O) groups excluding carboxylic acids is 1. The number of amides is 1. The van der Waals surface area contributed by atoms with Crippen LogP contribution in [0.3, 0.4) is 0 Å². The van der Waals surface area contributed by atoms with Crippen LogP contribution >= 0.6 is 11.3 Å². The van der Waals surface area contributed by atoms with Gasteiger partial charge in [-0.25, -0.2) is 13.4 Å². The lowest BCUT2D eigenvalue weighted by atomic mass is 10.1. The normalized spacial score (nSPS) is 11.8. The number of anilines is 1. The molecular weight excluding hydrogens is 404 g/mol.